The zero-order valence-electron chi connectivity index (χ0n) is 13.0. The molecule has 0 aliphatic rings. The second kappa shape index (κ2) is 7.77. The van der Waals surface area contributed by atoms with Crippen molar-refractivity contribution < 1.29 is 19.1 Å². The van der Waals surface area contributed by atoms with Crippen LogP contribution in [0.5, 0.6) is 5.75 Å². The van der Waals surface area contributed by atoms with Crippen LogP contribution in [-0.4, -0.2) is 31.4 Å². The van der Waals surface area contributed by atoms with E-state index in [1.165, 1.54) is 19.2 Å². The summed E-state index contributed by atoms with van der Waals surface area (Å²) in [6, 6.07) is 12.7. The van der Waals surface area contributed by atoms with Crippen molar-refractivity contribution in [1.82, 2.24) is 5.32 Å². The lowest BCUT2D eigenvalue weighted by molar-refractivity contribution is -0.115. The van der Waals surface area contributed by atoms with Crippen molar-refractivity contribution in [2.45, 2.75) is 0 Å². The van der Waals surface area contributed by atoms with Crippen molar-refractivity contribution in [2.75, 3.05) is 19.0 Å². The smallest absolute Gasteiger partial charge is 0.251 e. The van der Waals surface area contributed by atoms with E-state index in [1.807, 2.05) is 0 Å². The molecule has 7 heteroatoms. The number of ether oxygens (including phenoxy) is 1. The highest BCUT2D eigenvalue weighted by atomic mass is 16.5. The van der Waals surface area contributed by atoms with E-state index >= 15 is 0 Å². The summed E-state index contributed by atoms with van der Waals surface area (Å²) in [5.41, 5.74) is 6.38. The molecule has 0 saturated heterocycles. The number of nitrogens with two attached hydrogens (primary N) is 1. The normalized spacial score (nSPS) is 9.88. The van der Waals surface area contributed by atoms with E-state index < -0.39 is 11.8 Å². The number of rotatable bonds is 6. The Labute approximate surface area is 138 Å². The number of benzene rings is 2. The average molecular weight is 327 g/mol. The van der Waals surface area contributed by atoms with E-state index in [0.717, 1.165) is 0 Å². The Morgan fingerprint density at radius 2 is 1.75 bits per heavy atom. The van der Waals surface area contributed by atoms with Gasteiger partial charge in [0.05, 0.1) is 13.7 Å². The molecule has 0 atom stereocenters. The monoisotopic (exact) mass is 327 g/mol. The van der Waals surface area contributed by atoms with Gasteiger partial charge in [-0.25, -0.2) is 0 Å². The van der Waals surface area contributed by atoms with Crippen LogP contribution in [0.2, 0.25) is 0 Å². The molecule has 2 aromatic carbocycles. The summed E-state index contributed by atoms with van der Waals surface area (Å²) in [6.45, 7) is -0.187. The van der Waals surface area contributed by atoms with Gasteiger partial charge in [0.2, 0.25) is 11.8 Å². The molecule has 0 fully saturated rings. The summed E-state index contributed by atoms with van der Waals surface area (Å²) >= 11 is 0. The Bertz CT molecular complexity index is 757. The number of amides is 3. The molecular weight excluding hydrogens is 310 g/mol. The molecule has 24 heavy (non-hydrogen) atoms. The van der Waals surface area contributed by atoms with Crippen molar-refractivity contribution in [3.8, 4) is 5.75 Å². The number of hydrogen-bond donors (Lipinski definition) is 3. The van der Waals surface area contributed by atoms with Gasteiger partial charge in [0.15, 0.2) is 0 Å². The number of hydrogen-bond acceptors (Lipinski definition) is 4. The van der Waals surface area contributed by atoms with Gasteiger partial charge < -0.3 is 21.1 Å². The zero-order valence-corrected chi connectivity index (χ0v) is 13.0. The molecule has 124 valence electrons. The molecule has 0 aromatic heterocycles. The molecule has 2 rings (SSSR count). The molecule has 0 saturated carbocycles. The first-order valence-electron chi connectivity index (χ1n) is 7.11. The summed E-state index contributed by atoms with van der Waals surface area (Å²) in [7, 11) is 1.51. The van der Waals surface area contributed by atoms with Gasteiger partial charge in [0.25, 0.3) is 5.91 Å². The Hall–Kier alpha value is -3.35. The maximum Gasteiger partial charge on any atom is 0.251 e. The molecular formula is C17H17N3O4. The van der Waals surface area contributed by atoms with Gasteiger partial charge in [-0.15, -0.1) is 0 Å². The largest absolute Gasteiger partial charge is 0.497 e. The van der Waals surface area contributed by atoms with E-state index in [1.54, 1.807) is 36.4 Å². The van der Waals surface area contributed by atoms with Gasteiger partial charge >= 0.3 is 0 Å². The molecule has 0 spiro atoms. The lowest BCUT2D eigenvalue weighted by atomic mass is 10.2. The first-order chi connectivity index (χ1) is 11.5. The van der Waals surface area contributed by atoms with Crippen LogP contribution in [0.1, 0.15) is 20.7 Å². The highest BCUT2D eigenvalue weighted by Gasteiger charge is 2.09. The summed E-state index contributed by atoms with van der Waals surface area (Å²) in [5, 5.41) is 5.13. The van der Waals surface area contributed by atoms with Gasteiger partial charge in [0.1, 0.15) is 5.75 Å². The summed E-state index contributed by atoms with van der Waals surface area (Å²) < 4.78 is 5.04. The molecule has 3 amide bonds. The minimum Gasteiger partial charge on any atom is -0.497 e. The number of carbonyl (C=O) groups is 3. The van der Waals surface area contributed by atoms with Gasteiger partial charge in [-0.2, -0.15) is 0 Å². The van der Waals surface area contributed by atoms with E-state index in [2.05, 4.69) is 10.6 Å². The summed E-state index contributed by atoms with van der Waals surface area (Å²) in [6.07, 6.45) is 0. The fourth-order valence-electron chi connectivity index (χ4n) is 1.95. The van der Waals surface area contributed by atoms with Gasteiger partial charge in [-0.1, -0.05) is 6.07 Å². The topological polar surface area (TPSA) is 111 Å². The average Bonchev–Trinajstić information content (AvgIpc) is 2.60. The standard InChI is InChI=1S/C17H17N3O4/c1-24-14-4-2-3-12(9-14)17(23)19-10-15(21)20-13-7-5-11(6-8-13)16(18)22/h2-9H,10H2,1H3,(H2,18,22)(H,19,23)(H,20,21). The van der Waals surface area contributed by atoms with Crippen LogP contribution in [0.4, 0.5) is 5.69 Å². The highest BCUT2D eigenvalue weighted by Crippen LogP contribution is 2.12. The van der Waals surface area contributed by atoms with E-state index in [9.17, 15) is 14.4 Å². The second-order valence-electron chi connectivity index (χ2n) is 4.90. The van der Waals surface area contributed by atoms with Crippen LogP contribution in [0.15, 0.2) is 48.5 Å². The van der Waals surface area contributed by atoms with Crippen LogP contribution in [0, 0.1) is 0 Å². The van der Waals surface area contributed by atoms with E-state index in [4.69, 9.17) is 10.5 Å². The first kappa shape index (κ1) is 17.0. The van der Waals surface area contributed by atoms with Crippen LogP contribution >= 0.6 is 0 Å². The number of nitrogens with one attached hydrogen (secondary N) is 2. The Morgan fingerprint density at radius 1 is 1.04 bits per heavy atom. The van der Waals surface area contributed by atoms with Gasteiger partial charge in [-0.05, 0) is 42.5 Å². The Kier molecular flexibility index (Phi) is 5.51. The predicted octanol–water partition coefficient (Wildman–Crippen LogP) is 1.16. The van der Waals surface area contributed by atoms with Crippen molar-refractivity contribution in [3.63, 3.8) is 0 Å². The fourth-order valence-corrected chi connectivity index (χ4v) is 1.95. The van der Waals surface area contributed by atoms with Gasteiger partial charge in [-0.3, -0.25) is 14.4 Å². The molecule has 0 aliphatic carbocycles. The fraction of sp³-hybridized carbons (Fsp3) is 0.118. The highest BCUT2D eigenvalue weighted by molar-refractivity contribution is 6.00. The van der Waals surface area contributed by atoms with Crippen LogP contribution < -0.4 is 21.1 Å². The Morgan fingerprint density at radius 3 is 2.38 bits per heavy atom. The van der Waals surface area contributed by atoms with Crippen LogP contribution in [-0.2, 0) is 4.79 Å². The quantitative estimate of drug-likeness (QED) is 0.739. The van der Waals surface area contributed by atoms with Crippen LogP contribution in [0.3, 0.4) is 0 Å². The lowest BCUT2D eigenvalue weighted by Gasteiger charge is -2.08. The van der Waals surface area contributed by atoms with Crippen molar-refractivity contribution in [1.29, 1.82) is 0 Å². The minimum absolute atomic E-state index is 0.187. The molecule has 0 unspecified atom stereocenters. The molecule has 0 bridgehead atoms. The Balaban J connectivity index is 1.88. The molecule has 2 aromatic rings. The van der Waals surface area contributed by atoms with E-state index in [0.29, 0.717) is 22.6 Å². The molecule has 7 nitrogen and oxygen atoms in total. The number of carbonyl (C=O) groups excluding carboxylic acids is 3. The number of anilines is 1. The SMILES string of the molecule is COc1cccc(C(=O)NCC(=O)Nc2ccc(C(N)=O)cc2)c1. The third-order valence-electron chi connectivity index (χ3n) is 3.19. The van der Waals surface area contributed by atoms with E-state index in [-0.39, 0.29) is 12.5 Å². The number of primary amides is 1. The summed E-state index contributed by atoms with van der Waals surface area (Å²) in [4.78, 5) is 34.8. The molecule has 0 radical (unpaired) electrons. The number of methoxy groups -OCH3 is 1. The molecule has 4 N–H and O–H groups in total. The first-order valence-corrected chi connectivity index (χ1v) is 7.11. The minimum atomic E-state index is -0.543. The third kappa shape index (κ3) is 4.57. The van der Waals surface area contributed by atoms with Crippen molar-refractivity contribution in [3.05, 3.63) is 59.7 Å². The van der Waals surface area contributed by atoms with Crippen molar-refractivity contribution in [2.24, 2.45) is 5.73 Å². The summed E-state index contributed by atoms with van der Waals surface area (Å²) in [5.74, 6) is -0.758. The maximum absolute atomic E-state index is 12.0. The third-order valence-corrected chi connectivity index (χ3v) is 3.19. The maximum atomic E-state index is 12.0. The lowest BCUT2D eigenvalue weighted by Crippen LogP contribution is -2.32. The molecule has 0 aliphatic heterocycles. The van der Waals surface area contributed by atoms with Gasteiger partial charge in [0, 0.05) is 16.8 Å². The van der Waals surface area contributed by atoms with Crippen LogP contribution in [0.25, 0.3) is 0 Å². The molecule has 0 heterocycles. The zero-order chi connectivity index (χ0) is 17.5. The second-order valence-corrected chi connectivity index (χ2v) is 4.90. The van der Waals surface area contributed by atoms with Crippen molar-refractivity contribution >= 4 is 23.4 Å². The predicted molar refractivity (Wildman–Crippen MR) is 88.9 cm³/mol.